The molecule has 3 fully saturated rings. The molecule has 1 aliphatic carbocycles. The van der Waals surface area contributed by atoms with Crippen LogP contribution in [0, 0.1) is 17.8 Å². The molecule has 11 bridgehead atoms. The van der Waals surface area contributed by atoms with E-state index in [9.17, 15) is 84.6 Å². The van der Waals surface area contributed by atoms with Crippen LogP contribution in [-0.2, 0) is 63.9 Å². The van der Waals surface area contributed by atoms with Crippen LogP contribution >= 0.6 is 23.2 Å². The third kappa shape index (κ3) is 19.4. The number of rotatable bonds is 19. The van der Waals surface area contributed by atoms with Crippen molar-refractivity contribution in [3.63, 3.8) is 0 Å². The Balaban J connectivity index is 1.00. The van der Waals surface area contributed by atoms with Crippen molar-refractivity contribution in [2.24, 2.45) is 23.5 Å². The van der Waals surface area contributed by atoms with Crippen molar-refractivity contribution in [2.75, 3.05) is 25.5 Å². The first-order valence-corrected chi connectivity index (χ1v) is 39.5. The number of halogens is 2. The zero-order chi connectivity index (χ0) is 86.8. The minimum Gasteiger partial charge on any atom is -0.508 e. The summed E-state index contributed by atoms with van der Waals surface area (Å²) < 4.78 is 40.6. The number of hydrogen-bond donors (Lipinski definition) is 20. The summed E-state index contributed by atoms with van der Waals surface area (Å²) in [5.41, 5.74) is 0.756. The lowest BCUT2D eigenvalue weighted by molar-refractivity contribution is -0.334. The van der Waals surface area contributed by atoms with Crippen LogP contribution in [-0.4, -0.2) is 213 Å². The number of carboxylic acid groups (broad SMARTS) is 1. The maximum absolute atomic E-state index is 16.2. The number of aromatic nitrogens is 2. The Labute approximate surface area is 694 Å². The summed E-state index contributed by atoms with van der Waals surface area (Å²) in [5, 5.41) is 139. The Morgan fingerprint density at radius 2 is 1.35 bits per heavy atom. The van der Waals surface area contributed by atoms with Crippen LogP contribution < -0.4 is 73.5 Å². The zero-order valence-corrected chi connectivity index (χ0v) is 67.0. The number of carbonyl (C=O) groups excluding carboxylic acids is 8. The summed E-state index contributed by atoms with van der Waals surface area (Å²) in [6, 6.07) is 0.512. The standard InChI is InChI=1S/C80H94Cl2N12O26/c1-32(2)21-45(84-6)71(106)92-61-63(100)37-12-15-49(43(81)23-37)116-51-25-39-26-52(67(51)120-78-68(66(103)65(102)53(31-95)118-78)119-56-30-80(5,69(104)34(4)115-56)85-18-20-94-19-17-55(88-79(94)114)87-70(105)35-9-7-33(3)8-10-35)117-50-16-13-38(24-44(50)82)64(101)62-76(111)91-60(77(112)113)42-27-40(96)28-48(98)57(42)41-22-36(11-14-47(41)97)58(73(108)93-62)90-74(109)59(39)89-72(107)46(29-54(83)99)86-75(61)110/h11-17,19,22-28,32-35,45-46,53,56,58-66,68-69,78,84-85,95-98,100-104H,7-10,18,20-21,29-31H2,1-6H3,(H2,83,99)(H,86,110)(H,89,107)(H,90,109)(H,91,111)(H,92,106)(H,93,108)(H,112,113)(H,87,88,105,114)/t33?,34-,35?,45+,46+,53+,56+,58+,59?,60-,61-,62-,63-,64-,65-,66-,68-,69+,78?,80?/m1/s1. The predicted molar refractivity (Wildman–Crippen MR) is 421 cm³/mol. The highest BCUT2D eigenvalue weighted by molar-refractivity contribution is 6.32. The van der Waals surface area contributed by atoms with Gasteiger partial charge < -0.3 is 133 Å². The first-order valence-electron chi connectivity index (χ1n) is 38.7. The fraction of sp³-hybridized carbons (Fsp3) is 0.463. The number of aliphatic hydroxyl groups excluding tert-OH is 6. The molecule has 8 aliphatic rings. The minimum absolute atomic E-state index is 0.00261. The molecule has 120 heavy (non-hydrogen) atoms. The highest BCUT2D eigenvalue weighted by Crippen LogP contribution is 2.50. The van der Waals surface area contributed by atoms with Gasteiger partial charge in [0.25, 0.3) is 0 Å². The first kappa shape index (κ1) is 88.4. The average molecular weight is 1710 g/mol. The Morgan fingerprint density at radius 1 is 0.717 bits per heavy atom. The molecule has 0 spiro atoms. The van der Waals surface area contributed by atoms with Crippen molar-refractivity contribution in [1.29, 1.82) is 0 Å². The van der Waals surface area contributed by atoms with Gasteiger partial charge in [-0.1, -0.05) is 62.2 Å². The maximum Gasteiger partial charge on any atom is 0.349 e. The molecule has 14 rings (SSSR count). The molecule has 38 nitrogen and oxygen atoms in total. The smallest absolute Gasteiger partial charge is 0.349 e. The second-order valence-electron chi connectivity index (χ2n) is 31.3. The minimum atomic E-state index is -2.39. The molecule has 8 amide bonds. The van der Waals surface area contributed by atoms with E-state index in [-0.39, 0.29) is 77.0 Å². The van der Waals surface area contributed by atoms with E-state index in [2.05, 4.69) is 59.8 Å². The number of ether oxygens (including phenoxy) is 6. The van der Waals surface area contributed by atoms with Crippen LogP contribution in [0.5, 0.6) is 46.0 Å². The van der Waals surface area contributed by atoms with E-state index in [1.165, 1.54) is 42.9 Å². The fourth-order valence-electron chi connectivity index (χ4n) is 15.5. The monoisotopic (exact) mass is 1710 g/mol. The van der Waals surface area contributed by atoms with Crippen molar-refractivity contribution < 1.29 is 123 Å². The predicted octanol–water partition coefficient (Wildman–Crippen LogP) is 1.76. The molecule has 1 saturated carbocycles. The van der Waals surface area contributed by atoms with Crippen molar-refractivity contribution in [3.05, 3.63) is 139 Å². The second-order valence-corrected chi connectivity index (χ2v) is 32.1. The third-order valence-electron chi connectivity index (χ3n) is 22.1. The molecule has 0 radical (unpaired) electrons. The summed E-state index contributed by atoms with van der Waals surface area (Å²) in [4.78, 5) is 149. The number of hydrogen-bond acceptors (Lipinski definition) is 28. The van der Waals surface area contributed by atoms with Gasteiger partial charge in [-0.3, -0.25) is 42.9 Å². The number of fused-ring (bicyclic) bond motifs is 15. The number of nitrogens with one attached hydrogen (secondary N) is 9. The van der Waals surface area contributed by atoms with Gasteiger partial charge in [-0.15, -0.1) is 0 Å². The van der Waals surface area contributed by atoms with Crippen molar-refractivity contribution in [2.45, 2.75) is 195 Å². The van der Waals surface area contributed by atoms with E-state index in [0.29, 0.717) is 18.8 Å². The topological polar surface area (TPSA) is 580 Å². The fourth-order valence-corrected chi connectivity index (χ4v) is 16.0. The molecule has 5 aromatic carbocycles. The third-order valence-corrected chi connectivity index (χ3v) is 22.7. The summed E-state index contributed by atoms with van der Waals surface area (Å²) in [6.45, 7) is 7.86. The largest absolute Gasteiger partial charge is 0.508 e. The number of phenols is 3. The number of nitrogens with zero attached hydrogens (tertiary/aromatic N) is 2. The van der Waals surface area contributed by atoms with E-state index < -0.39 is 243 Å². The van der Waals surface area contributed by atoms with Crippen LogP contribution in [0.4, 0.5) is 5.82 Å². The molecular weight excluding hydrogens is 1620 g/mol. The molecule has 3 unspecified atom stereocenters. The number of carbonyl (C=O) groups is 9. The zero-order valence-electron chi connectivity index (χ0n) is 65.5. The number of aromatic hydroxyl groups is 3. The maximum atomic E-state index is 16.2. The molecule has 6 aromatic rings. The van der Waals surface area contributed by atoms with Crippen LogP contribution in [0.25, 0.3) is 11.1 Å². The Bertz CT molecular complexity index is 5000. The number of likely N-dealkylation sites (N-methyl/N-ethyl adjacent to an activating group) is 1. The number of anilines is 1. The quantitative estimate of drug-likeness (QED) is 0.0549. The Hall–Kier alpha value is -10.8. The SMILES string of the molecule is CN[C@@H](CC(C)C)C(=O)N[C@H]1C(=O)N[C@@H](CC(N)=O)C(=O)NC2C(=O)N[C@@H]3C(=O)N[C@@H](C(=O)N[C@@H](C(=O)O)c4cc(O)cc(O)c4-c4cc3ccc4O)[C@H](O)c3ccc(c(Cl)c3)Oc3cc2cc(c3OC2O[C@@H](CO)[C@@H](O)[C@@H](O)[C@H]2O[C@H]2CC(C)(NCCn3ccc(NC(=O)C4CCC(C)CC4)nc3=O)[C@@H](O)[C@@H](C)O2)Oc2ccc(cc2Cl)[C@H]1O. The number of phenolic OH excluding ortho intramolecular Hbond substituents is 3. The normalized spacial score (nSPS) is 28.6. The van der Waals surface area contributed by atoms with E-state index in [4.69, 9.17) is 57.4 Å². The van der Waals surface area contributed by atoms with Crippen LogP contribution in [0.3, 0.4) is 0 Å². The molecular formula is C80H94Cl2N12O26. The lowest BCUT2D eigenvalue weighted by Crippen LogP contribution is -2.65. The van der Waals surface area contributed by atoms with Crippen LogP contribution in [0.2, 0.25) is 10.0 Å². The number of aliphatic hydroxyl groups is 6. The van der Waals surface area contributed by atoms with Gasteiger partial charge in [0.15, 0.2) is 29.9 Å². The van der Waals surface area contributed by atoms with E-state index >= 15 is 14.4 Å². The Morgan fingerprint density at radius 3 is 1.97 bits per heavy atom. The van der Waals surface area contributed by atoms with Gasteiger partial charge in [-0.25, -0.2) is 9.59 Å². The highest BCUT2D eigenvalue weighted by atomic mass is 35.5. The lowest BCUT2D eigenvalue weighted by atomic mass is 9.82. The number of benzene rings is 5. The molecule has 18 atom stereocenters. The number of aliphatic carboxylic acids is 1. The van der Waals surface area contributed by atoms with Gasteiger partial charge in [0.05, 0.1) is 41.3 Å². The van der Waals surface area contributed by atoms with Crippen LogP contribution in [0.15, 0.2) is 95.9 Å². The molecule has 1 aromatic heterocycles. The summed E-state index contributed by atoms with van der Waals surface area (Å²) in [5.74, 6) is -16.2. The average Bonchev–Trinajstić information content (AvgIpc) is 0.763. The second kappa shape index (κ2) is 37.0. The lowest BCUT2D eigenvalue weighted by Gasteiger charge is -2.48. The van der Waals surface area contributed by atoms with Crippen LogP contribution in [0.1, 0.15) is 138 Å². The summed E-state index contributed by atoms with van der Waals surface area (Å²) in [7, 11) is 1.47. The molecule has 21 N–H and O–H groups in total. The van der Waals surface area contributed by atoms with Crippen molar-refractivity contribution in [3.8, 4) is 57.1 Å². The number of amides is 8. The van der Waals surface area contributed by atoms with Gasteiger partial charge in [-0.2, -0.15) is 4.98 Å². The molecule has 40 heteroatoms. The van der Waals surface area contributed by atoms with Gasteiger partial charge in [0.1, 0.15) is 95.3 Å². The number of nitrogens with two attached hydrogens (primary N) is 1. The van der Waals surface area contributed by atoms with Gasteiger partial charge >= 0.3 is 11.7 Å². The molecule has 2 saturated heterocycles. The van der Waals surface area contributed by atoms with Crippen molar-refractivity contribution >= 4 is 82.2 Å². The van der Waals surface area contributed by atoms with E-state index in [1.807, 2.05) is 13.8 Å². The molecule has 8 heterocycles. The summed E-state index contributed by atoms with van der Waals surface area (Å²) >= 11 is 14.3. The number of carboxylic acids is 1. The summed E-state index contributed by atoms with van der Waals surface area (Å²) in [6.07, 6.45) is -14.7. The Kier molecular flexibility index (Phi) is 27.3. The molecule has 7 aliphatic heterocycles. The van der Waals surface area contributed by atoms with E-state index in [1.54, 1.807) is 6.92 Å². The number of primary amides is 1. The van der Waals surface area contributed by atoms with Gasteiger partial charge in [0, 0.05) is 59.9 Å². The van der Waals surface area contributed by atoms with Crippen molar-refractivity contribution in [1.82, 2.24) is 52.1 Å². The highest BCUT2D eigenvalue weighted by Gasteiger charge is 2.52. The van der Waals surface area contributed by atoms with Gasteiger partial charge in [0.2, 0.25) is 59.3 Å². The van der Waals surface area contributed by atoms with Gasteiger partial charge in [-0.05, 0) is 148 Å². The molecule has 644 valence electrons. The van der Waals surface area contributed by atoms with E-state index in [0.717, 1.165) is 79.6 Å². The first-order chi connectivity index (χ1) is 56.9.